The van der Waals surface area contributed by atoms with Gasteiger partial charge in [0.25, 0.3) is 5.91 Å². The number of pyridine rings is 2. The second-order valence-corrected chi connectivity index (χ2v) is 11.1. The molecule has 9 nitrogen and oxygen atoms in total. The fraction of sp³-hybridized carbons (Fsp3) is 0.406. The Kier molecular flexibility index (Phi) is 10.9. The third-order valence-electron chi connectivity index (χ3n) is 7.82. The summed E-state index contributed by atoms with van der Waals surface area (Å²) in [5.74, 6) is -0.640. The molecular formula is C32H38F3N7O2. The van der Waals surface area contributed by atoms with E-state index < -0.39 is 17.6 Å². The van der Waals surface area contributed by atoms with Crippen molar-refractivity contribution in [2.24, 2.45) is 0 Å². The maximum Gasteiger partial charge on any atom is 0.416 e. The third-order valence-corrected chi connectivity index (χ3v) is 7.82. The van der Waals surface area contributed by atoms with Crippen molar-refractivity contribution >= 4 is 34.8 Å². The molecule has 0 aliphatic heterocycles. The SMILES string of the molecule is N=C(c1ccc(C(=O)Nc2cc(C(F)(F)F)ccn2)cc1)c1c(N)ncc(CCCCCCC(=O)NC2CCCCC2)c1N. The number of nitrogen functional groups attached to an aromatic ring is 2. The number of halogens is 3. The summed E-state index contributed by atoms with van der Waals surface area (Å²) in [6.45, 7) is 0. The minimum Gasteiger partial charge on any atom is -0.398 e. The van der Waals surface area contributed by atoms with Crippen molar-refractivity contribution in [3.05, 3.63) is 76.6 Å². The number of anilines is 3. The van der Waals surface area contributed by atoms with Gasteiger partial charge in [0.2, 0.25) is 5.91 Å². The molecule has 7 N–H and O–H groups in total. The molecule has 44 heavy (non-hydrogen) atoms. The van der Waals surface area contributed by atoms with Crippen LogP contribution in [0.2, 0.25) is 0 Å². The van der Waals surface area contributed by atoms with E-state index in [1.54, 1.807) is 6.20 Å². The zero-order valence-electron chi connectivity index (χ0n) is 24.5. The molecule has 1 aromatic carbocycles. The summed E-state index contributed by atoms with van der Waals surface area (Å²) in [5, 5.41) is 14.2. The van der Waals surface area contributed by atoms with Crippen molar-refractivity contribution in [3.8, 4) is 0 Å². The predicted molar refractivity (Wildman–Crippen MR) is 164 cm³/mol. The number of nitrogens with one attached hydrogen (secondary N) is 3. The van der Waals surface area contributed by atoms with Gasteiger partial charge >= 0.3 is 6.18 Å². The molecule has 0 saturated heterocycles. The van der Waals surface area contributed by atoms with E-state index in [0.717, 1.165) is 62.4 Å². The Bertz CT molecular complexity index is 1470. The van der Waals surface area contributed by atoms with Crippen LogP contribution >= 0.6 is 0 Å². The van der Waals surface area contributed by atoms with Crippen molar-refractivity contribution in [2.45, 2.75) is 82.8 Å². The molecule has 2 aromatic heterocycles. The molecular weight excluding hydrogens is 571 g/mol. The maximum absolute atomic E-state index is 13.0. The molecule has 1 saturated carbocycles. The van der Waals surface area contributed by atoms with Gasteiger partial charge in [-0.25, -0.2) is 9.97 Å². The summed E-state index contributed by atoms with van der Waals surface area (Å²) < 4.78 is 38.9. The lowest BCUT2D eigenvalue weighted by Gasteiger charge is -2.22. The van der Waals surface area contributed by atoms with Gasteiger partial charge in [-0.2, -0.15) is 13.2 Å². The summed E-state index contributed by atoms with van der Waals surface area (Å²) >= 11 is 0. The molecule has 1 aliphatic carbocycles. The van der Waals surface area contributed by atoms with E-state index in [2.05, 4.69) is 20.6 Å². The van der Waals surface area contributed by atoms with Gasteiger partial charge in [0.1, 0.15) is 11.6 Å². The number of rotatable bonds is 12. The van der Waals surface area contributed by atoms with Crippen molar-refractivity contribution in [1.29, 1.82) is 5.41 Å². The number of nitrogens with zero attached hydrogens (tertiary/aromatic N) is 2. The molecule has 234 valence electrons. The van der Waals surface area contributed by atoms with Gasteiger partial charge in [-0.1, -0.05) is 44.2 Å². The molecule has 12 heteroatoms. The quantitative estimate of drug-likeness (QED) is 0.120. The van der Waals surface area contributed by atoms with E-state index in [1.165, 1.54) is 43.5 Å². The smallest absolute Gasteiger partial charge is 0.398 e. The molecule has 1 aliphatic rings. The van der Waals surface area contributed by atoms with Crippen LogP contribution in [0.5, 0.6) is 0 Å². The molecule has 2 heterocycles. The van der Waals surface area contributed by atoms with E-state index in [-0.39, 0.29) is 28.8 Å². The van der Waals surface area contributed by atoms with Crippen molar-refractivity contribution < 1.29 is 22.8 Å². The molecule has 0 radical (unpaired) electrons. The van der Waals surface area contributed by atoms with Crippen LogP contribution in [0.1, 0.15) is 96.8 Å². The Morgan fingerprint density at radius 2 is 1.61 bits per heavy atom. The summed E-state index contributed by atoms with van der Waals surface area (Å²) in [4.78, 5) is 32.8. The van der Waals surface area contributed by atoms with Crippen LogP contribution in [-0.4, -0.2) is 33.5 Å². The first kappa shape index (κ1) is 32.4. The number of benzene rings is 1. The van der Waals surface area contributed by atoms with Gasteiger partial charge in [0, 0.05) is 41.7 Å². The Morgan fingerprint density at radius 1 is 0.932 bits per heavy atom. The second-order valence-electron chi connectivity index (χ2n) is 11.1. The van der Waals surface area contributed by atoms with Gasteiger partial charge in [0.15, 0.2) is 0 Å². The lowest BCUT2D eigenvalue weighted by Crippen LogP contribution is -2.35. The second kappa shape index (κ2) is 14.8. The van der Waals surface area contributed by atoms with Gasteiger partial charge in [-0.3, -0.25) is 15.0 Å². The fourth-order valence-electron chi connectivity index (χ4n) is 5.34. The first-order chi connectivity index (χ1) is 21.0. The third kappa shape index (κ3) is 8.77. The maximum atomic E-state index is 13.0. The number of unbranched alkanes of at least 4 members (excludes halogenated alkanes) is 3. The Hall–Kier alpha value is -4.48. The number of aromatic nitrogens is 2. The van der Waals surface area contributed by atoms with Gasteiger partial charge < -0.3 is 22.1 Å². The monoisotopic (exact) mass is 609 g/mol. The lowest BCUT2D eigenvalue weighted by atomic mass is 9.95. The largest absolute Gasteiger partial charge is 0.416 e. The summed E-state index contributed by atoms with van der Waals surface area (Å²) in [6, 6.07) is 7.87. The van der Waals surface area contributed by atoms with Crippen LogP contribution in [0.15, 0.2) is 48.8 Å². The van der Waals surface area contributed by atoms with Gasteiger partial charge in [-0.05, 0) is 61.9 Å². The first-order valence-corrected chi connectivity index (χ1v) is 14.9. The predicted octanol–water partition coefficient (Wildman–Crippen LogP) is 6.27. The van der Waals surface area contributed by atoms with Crippen LogP contribution in [0.25, 0.3) is 0 Å². The molecule has 4 rings (SSSR count). The number of nitrogens with two attached hydrogens (primary N) is 2. The van der Waals surface area contributed by atoms with E-state index in [9.17, 15) is 22.8 Å². The highest BCUT2D eigenvalue weighted by molar-refractivity contribution is 6.17. The molecule has 0 atom stereocenters. The molecule has 0 unspecified atom stereocenters. The van der Waals surface area contributed by atoms with Crippen LogP contribution in [0.3, 0.4) is 0 Å². The van der Waals surface area contributed by atoms with E-state index in [0.29, 0.717) is 35.7 Å². The molecule has 2 amide bonds. The van der Waals surface area contributed by atoms with Crippen LogP contribution in [0, 0.1) is 5.41 Å². The highest BCUT2D eigenvalue weighted by Crippen LogP contribution is 2.30. The number of carbonyl (C=O) groups excluding carboxylic acids is 2. The lowest BCUT2D eigenvalue weighted by molar-refractivity contribution is -0.137. The van der Waals surface area contributed by atoms with Crippen molar-refractivity contribution in [2.75, 3.05) is 16.8 Å². The zero-order valence-corrected chi connectivity index (χ0v) is 24.5. The Labute approximate surface area is 254 Å². The summed E-state index contributed by atoms with van der Waals surface area (Å²) in [7, 11) is 0. The number of hydrogen-bond acceptors (Lipinski definition) is 7. The van der Waals surface area contributed by atoms with Gasteiger partial charge in [0.05, 0.1) is 16.8 Å². The summed E-state index contributed by atoms with van der Waals surface area (Å²) in [5.41, 5.74) is 13.7. The van der Waals surface area contributed by atoms with E-state index in [1.807, 2.05) is 0 Å². The Morgan fingerprint density at radius 3 is 2.32 bits per heavy atom. The normalized spacial score (nSPS) is 13.8. The van der Waals surface area contributed by atoms with E-state index >= 15 is 0 Å². The topological polar surface area (TPSA) is 160 Å². The van der Waals surface area contributed by atoms with E-state index in [4.69, 9.17) is 16.9 Å². The van der Waals surface area contributed by atoms with Gasteiger partial charge in [-0.15, -0.1) is 0 Å². The van der Waals surface area contributed by atoms with Crippen LogP contribution in [0.4, 0.5) is 30.5 Å². The number of amides is 2. The molecule has 1 fully saturated rings. The average Bonchev–Trinajstić information content (AvgIpc) is 3.00. The van der Waals surface area contributed by atoms with Crippen LogP contribution in [-0.2, 0) is 17.4 Å². The fourth-order valence-corrected chi connectivity index (χ4v) is 5.34. The molecule has 0 spiro atoms. The number of carbonyl (C=O) groups is 2. The zero-order chi connectivity index (χ0) is 31.7. The average molecular weight is 610 g/mol. The number of alkyl halides is 3. The molecule has 3 aromatic rings. The standard InChI is InChI=1S/C32H38F3N7O2/c33-32(34,35)23-16-17-39-25(18-23)42-31(44)21-14-12-20(13-15-21)28(36)27-29(37)22(19-40-30(27)38)8-4-1-2-7-11-26(43)41-24-9-5-3-6-10-24/h12-19,24,36H,1-11H2,(H,41,43)(H4,37,38,40)(H,39,42,44). The first-order valence-electron chi connectivity index (χ1n) is 14.9. The minimum atomic E-state index is -4.56. The minimum absolute atomic E-state index is 0.0323. The number of aryl methyl sites for hydroxylation is 1. The van der Waals surface area contributed by atoms with Crippen molar-refractivity contribution in [1.82, 2.24) is 15.3 Å². The molecule has 0 bridgehead atoms. The highest BCUT2D eigenvalue weighted by Gasteiger charge is 2.31. The van der Waals surface area contributed by atoms with Crippen LogP contribution < -0.4 is 22.1 Å². The number of hydrogen-bond donors (Lipinski definition) is 5. The Balaban J connectivity index is 1.29. The summed E-state index contributed by atoms with van der Waals surface area (Å²) in [6.07, 6.45) is 8.52. The highest BCUT2D eigenvalue weighted by atomic mass is 19.4. The van der Waals surface area contributed by atoms with Crippen molar-refractivity contribution in [3.63, 3.8) is 0 Å².